The third-order valence-corrected chi connectivity index (χ3v) is 5.75. The van der Waals surface area contributed by atoms with Crippen LogP contribution in [-0.4, -0.2) is 0 Å². The molecule has 0 nitrogen and oxygen atoms in total. The summed E-state index contributed by atoms with van der Waals surface area (Å²) < 4.78 is 0. The molecule has 4 aromatic rings. The summed E-state index contributed by atoms with van der Waals surface area (Å²) >= 11 is 0. The van der Waals surface area contributed by atoms with Crippen LogP contribution in [0.3, 0.4) is 0 Å². The van der Waals surface area contributed by atoms with Crippen molar-refractivity contribution in [1.29, 1.82) is 0 Å². The van der Waals surface area contributed by atoms with Gasteiger partial charge in [-0.15, -0.1) is 0 Å². The second-order valence-corrected chi connectivity index (χ2v) is 8.11. The Hall–Kier alpha value is -3.12. The Labute approximate surface area is 181 Å². The van der Waals surface area contributed by atoms with Crippen LogP contribution in [0.1, 0.15) is 33.4 Å². The van der Waals surface area contributed by atoms with Gasteiger partial charge in [0.2, 0.25) is 0 Å². The van der Waals surface area contributed by atoms with Gasteiger partial charge in [-0.2, -0.15) is 0 Å². The van der Waals surface area contributed by atoms with E-state index in [9.17, 15) is 0 Å². The maximum absolute atomic E-state index is 2.43. The molecule has 0 aliphatic carbocycles. The van der Waals surface area contributed by atoms with Crippen LogP contribution >= 0.6 is 0 Å². The standard InChI is InChI=1S/C30H30/c1-4-10-25(11-5-1)16-19-28-22-29(20-17-26-12-6-2-7-13-26)24-30(23-28)21-18-27-14-8-3-9-15-27/h1-15,22-24H,16-21H2. The molecule has 0 spiro atoms. The van der Waals surface area contributed by atoms with E-state index < -0.39 is 0 Å². The Morgan fingerprint density at radius 2 is 0.500 bits per heavy atom. The topological polar surface area (TPSA) is 0 Å². The zero-order valence-corrected chi connectivity index (χ0v) is 17.6. The van der Waals surface area contributed by atoms with Crippen LogP contribution in [0.5, 0.6) is 0 Å². The van der Waals surface area contributed by atoms with E-state index in [0.717, 1.165) is 38.5 Å². The molecule has 150 valence electrons. The lowest BCUT2D eigenvalue weighted by molar-refractivity contribution is 0.903. The van der Waals surface area contributed by atoms with Crippen molar-refractivity contribution in [1.82, 2.24) is 0 Å². The highest BCUT2D eigenvalue weighted by molar-refractivity contribution is 5.33. The Morgan fingerprint density at radius 3 is 0.767 bits per heavy atom. The quantitative estimate of drug-likeness (QED) is 0.287. The molecule has 0 bridgehead atoms. The zero-order valence-electron chi connectivity index (χ0n) is 17.6. The Bertz CT molecular complexity index is 868. The first kappa shape index (κ1) is 20.2. The van der Waals surface area contributed by atoms with E-state index in [-0.39, 0.29) is 0 Å². The van der Waals surface area contributed by atoms with Crippen molar-refractivity contribution in [3.63, 3.8) is 0 Å². The number of aryl methyl sites for hydroxylation is 6. The lowest BCUT2D eigenvalue weighted by Crippen LogP contribution is -2.00. The van der Waals surface area contributed by atoms with Gasteiger partial charge < -0.3 is 0 Å². The zero-order chi connectivity index (χ0) is 20.4. The van der Waals surface area contributed by atoms with Gasteiger partial charge in [0.15, 0.2) is 0 Å². The number of benzene rings is 4. The van der Waals surface area contributed by atoms with Gasteiger partial charge in [0.05, 0.1) is 0 Å². The molecule has 0 heteroatoms. The van der Waals surface area contributed by atoms with Gasteiger partial charge in [0.1, 0.15) is 0 Å². The number of hydrogen-bond acceptors (Lipinski definition) is 0. The summed E-state index contributed by atoms with van der Waals surface area (Å²) in [4.78, 5) is 0. The van der Waals surface area contributed by atoms with E-state index in [1.54, 1.807) is 0 Å². The average Bonchev–Trinajstić information content (AvgIpc) is 2.82. The molecule has 4 aromatic carbocycles. The SMILES string of the molecule is c1ccc(CCc2cc(CCc3ccccc3)cc(CCc3ccccc3)c2)cc1. The second-order valence-electron chi connectivity index (χ2n) is 8.11. The van der Waals surface area contributed by atoms with Crippen molar-refractivity contribution in [2.45, 2.75) is 38.5 Å². The molecular weight excluding hydrogens is 360 g/mol. The van der Waals surface area contributed by atoms with Crippen LogP contribution in [-0.2, 0) is 38.5 Å². The van der Waals surface area contributed by atoms with Gasteiger partial charge in [0, 0.05) is 0 Å². The van der Waals surface area contributed by atoms with Gasteiger partial charge in [-0.3, -0.25) is 0 Å². The van der Waals surface area contributed by atoms with Crippen molar-refractivity contribution < 1.29 is 0 Å². The molecule has 0 radical (unpaired) electrons. The summed E-state index contributed by atoms with van der Waals surface area (Å²) in [5.41, 5.74) is 8.64. The molecule has 0 unspecified atom stereocenters. The summed E-state index contributed by atoms with van der Waals surface area (Å²) in [6.07, 6.45) is 6.59. The lowest BCUT2D eigenvalue weighted by atomic mass is 9.94. The molecule has 0 heterocycles. The minimum Gasteiger partial charge on any atom is -0.0622 e. The Morgan fingerprint density at radius 1 is 0.267 bits per heavy atom. The van der Waals surface area contributed by atoms with E-state index in [0.29, 0.717) is 0 Å². The molecule has 30 heavy (non-hydrogen) atoms. The minimum absolute atomic E-state index is 1.10. The Balaban J connectivity index is 1.48. The predicted molar refractivity (Wildman–Crippen MR) is 128 cm³/mol. The molecule has 0 aliphatic heterocycles. The Kier molecular flexibility index (Phi) is 7.12. The first-order valence-corrected chi connectivity index (χ1v) is 11.1. The van der Waals surface area contributed by atoms with Crippen LogP contribution in [0.2, 0.25) is 0 Å². The maximum atomic E-state index is 2.43. The van der Waals surface area contributed by atoms with Gasteiger partial charge in [-0.25, -0.2) is 0 Å². The fourth-order valence-electron chi connectivity index (χ4n) is 4.07. The van der Waals surface area contributed by atoms with Gasteiger partial charge >= 0.3 is 0 Å². The van der Waals surface area contributed by atoms with E-state index in [4.69, 9.17) is 0 Å². The number of hydrogen-bond donors (Lipinski definition) is 0. The van der Waals surface area contributed by atoms with E-state index >= 15 is 0 Å². The molecule has 0 aromatic heterocycles. The molecule has 0 amide bonds. The second kappa shape index (κ2) is 10.6. The molecule has 0 atom stereocenters. The molecule has 0 fully saturated rings. The normalized spacial score (nSPS) is 10.8. The molecule has 0 saturated heterocycles. The van der Waals surface area contributed by atoms with Crippen LogP contribution in [0.25, 0.3) is 0 Å². The van der Waals surface area contributed by atoms with Gasteiger partial charge in [-0.05, 0) is 71.9 Å². The monoisotopic (exact) mass is 390 g/mol. The van der Waals surface area contributed by atoms with E-state index in [1.807, 2.05) is 0 Å². The summed E-state index contributed by atoms with van der Waals surface area (Å²) in [7, 11) is 0. The average molecular weight is 391 g/mol. The lowest BCUT2D eigenvalue weighted by Gasteiger charge is -2.11. The molecule has 4 rings (SSSR count). The minimum atomic E-state index is 1.10. The van der Waals surface area contributed by atoms with Crippen LogP contribution in [0.15, 0.2) is 109 Å². The van der Waals surface area contributed by atoms with Crippen molar-refractivity contribution in [3.05, 3.63) is 143 Å². The highest BCUT2D eigenvalue weighted by atomic mass is 14.1. The van der Waals surface area contributed by atoms with E-state index in [1.165, 1.54) is 33.4 Å². The summed E-state index contributed by atoms with van der Waals surface area (Å²) in [6, 6.07) is 39.8. The third kappa shape index (κ3) is 6.19. The van der Waals surface area contributed by atoms with Crippen molar-refractivity contribution >= 4 is 0 Å². The van der Waals surface area contributed by atoms with Crippen LogP contribution in [0.4, 0.5) is 0 Å². The third-order valence-electron chi connectivity index (χ3n) is 5.75. The maximum Gasteiger partial charge on any atom is -0.0238 e. The molecule has 0 N–H and O–H groups in total. The fraction of sp³-hybridized carbons (Fsp3) is 0.200. The first-order valence-electron chi connectivity index (χ1n) is 11.1. The van der Waals surface area contributed by atoms with Crippen molar-refractivity contribution in [2.24, 2.45) is 0 Å². The van der Waals surface area contributed by atoms with Crippen molar-refractivity contribution in [3.8, 4) is 0 Å². The molecule has 0 saturated carbocycles. The number of rotatable bonds is 9. The summed E-state index contributed by atoms with van der Waals surface area (Å²) in [5, 5.41) is 0. The highest BCUT2D eigenvalue weighted by Gasteiger charge is 2.05. The largest absolute Gasteiger partial charge is 0.0622 e. The molecule has 0 aliphatic rings. The smallest absolute Gasteiger partial charge is 0.0238 e. The summed E-state index contributed by atoms with van der Waals surface area (Å²) in [5.74, 6) is 0. The van der Waals surface area contributed by atoms with Crippen LogP contribution < -0.4 is 0 Å². The summed E-state index contributed by atoms with van der Waals surface area (Å²) in [6.45, 7) is 0. The fourth-order valence-corrected chi connectivity index (χ4v) is 4.07. The predicted octanol–water partition coefficient (Wildman–Crippen LogP) is 7.04. The highest BCUT2D eigenvalue weighted by Crippen LogP contribution is 2.18. The van der Waals surface area contributed by atoms with E-state index in [2.05, 4.69) is 109 Å². The van der Waals surface area contributed by atoms with Gasteiger partial charge in [0.25, 0.3) is 0 Å². The first-order chi connectivity index (χ1) is 14.8. The van der Waals surface area contributed by atoms with Crippen LogP contribution in [0, 0.1) is 0 Å². The van der Waals surface area contributed by atoms with Gasteiger partial charge in [-0.1, -0.05) is 109 Å². The molecular formula is C30H30. The van der Waals surface area contributed by atoms with Crippen molar-refractivity contribution in [2.75, 3.05) is 0 Å².